The minimum absolute atomic E-state index is 0.0496. The number of piperidine rings is 1. The quantitative estimate of drug-likeness (QED) is 0.776. The van der Waals surface area contributed by atoms with Gasteiger partial charge in [0.1, 0.15) is 0 Å². The maximum absolute atomic E-state index is 11.5. The fraction of sp³-hybridized carbons (Fsp3) is 0.611. The van der Waals surface area contributed by atoms with Crippen molar-refractivity contribution in [3.05, 3.63) is 23.8 Å². The number of rotatable bonds is 4. The largest absolute Gasteiger partial charge is 0.504 e. The van der Waals surface area contributed by atoms with Gasteiger partial charge >= 0.3 is 0 Å². The molecule has 1 amide bonds. The van der Waals surface area contributed by atoms with Crippen LogP contribution >= 0.6 is 0 Å². The second kappa shape index (κ2) is 6.61. The number of phenols is 1. The van der Waals surface area contributed by atoms with Crippen molar-refractivity contribution < 1.29 is 19.7 Å². The number of benzene rings is 1. The van der Waals surface area contributed by atoms with Crippen LogP contribution in [-0.4, -0.2) is 46.8 Å². The number of hydrogen-bond acceptors (Lipinski definition) is 5. The first-order valence-corrected chi connectivity index (χ1v) is 8.56. The molecule has 1 aliphatic carbocycles. The average Bonchev–Trinajstić information content (AvgIpc) is 2.55. The second-order valence-electron chi connectivity index (χ2n) is 7.02. The number of aromatic hydroxyl groups is 1. The van der Waals surface area contributed by atoms with Gasteiger partial charge in [-0.3, -0.25) is 9.69 Å². The molecule has 6 nitrogen and oxygen atoms in total. The Morgan fingerprint density at radius 2 is 2.21 bits per heavy atom. The highest BCUT2D eigenvalue weighted by atomic mass is 16.5. The summed E-state index contributed by atoms with van der Waals surface area (Å²) in [5.41, 5.74) is 5.69. The van der Waals surface area contributed by atoms with E-state index in [1.165, 1.54) is 7.11 Å². The Balaban J connectivity index is 2.00. The number of nitrogens with zero attached hydrogens (tertiary/aromatic N) is 1. The summed E-state index contributed by atoms with van der Waals surface area (Å²) in [5, 5.41) is 21.0. The van der Waals surface area contributed by atoms with Crippen LogP contribution in [0.15, 0.2) is 18.2 Å². The van der Waals surface area contributed by atoms with Crippen LogP contribution in [0.3, 0.4) is 0 Å². The van der Waals surface area contributed by atoms with Crippen LogP contribution in [0.25, 0.3) is 0 Å². The standard InChI is InChI=1S/C18H26N2O4/c1-24-15-10-12(5-6-14(15)21)17-13-4-2-3-7-18(13,23)8-9-20(17)11-16(19)22/h5-6,10,13,17,21,23H,2-4,7-9,11H2,1H3,(H2,19,22)/t13-,17-,18-/m1/s1. The Morgan fingerprint density at radius 1 is 1.42 bits per heavy atom. The van der Waals surface area contributed by atoms with E-state index in [0.29, 0.717) is 18.7 Å². The van der Waals surface area contributed by atoms with E-state index in [9.17, 15) is 15.0 Å². The second-order valence-corrected chi connectivity index (χ2v) is 7.02. The first-order chi connectivity index (χ1) is 11.4. The molecule has 2 fully saturated rings. The number of aliphatic hydroxyl groups is 1. The topological polar surface area (TPSA) is 96.0 Å². The van der Waals surface area contributed by atoms with E-state index >= 15 is 0 Å². The van der Waals surface area contributed by atoms with Gasteiger partial charge in [-0.2, -0.15) is 0 Å². The Morgan fingerprint density at radius 3 is 2.92 bits per heavy atom. The summed E-state index contributed by atoms with van der Waals surface area (Å²) in [5.74, 6) is 0.162. The lowest BCUT2D eigenvalue weighted by Crippen LogP contribution is -2.56. The third-order valence-electron chi connectivity index (χ3n) is 5.58. The molecule has 3 atom stereocenters. The van der Waals surface area contributed by atoms with Crippen molar-refractivity contribution in [2.45, 2.75) is 43.7 Å². The van der Waals surface area contributed by atoms with Crippen LogP contribution < -0.4 is 10.5 Å². The van der Waals surface area contributed by atoms with Crippen LogP contribution in [0.1, 0.15) is 43.7 Å². The van der Waals surface area contributed by atoms with E-state index in [-0.39, 0.29) is 30.2 Å². The summed E-state index contributed by atoms with van der Waals surface area (Å²) in [6, 6.07) is 5.14. The molecule has 0 radical (unpaired) electrons. The summed E-state index contributed by atoms with van der Waals surface area (Å²) in [4.78, 5) is 13.6. The molecule has 1 aliphatic heterocycles. The SMILES string of the molecule is COc1cc([C@@H]2[C@H]3CCCC[C@@]3(O)CCN2CC(N)=O)ccc1O. The van der Waals surface area contributed by atoms with Crippen molar-refractivity contribution in [3.8, 4) is 11.5 Å². The fourth-order valence-corrected chi connectivity index (χ4v) is 4.44. The predicted octanol–water partition coefficient (Wildman–Crippen LogP) is 1.55. The van der Waals surface area contributed by atoms with Crippen LogP contribution in [0.4, 0.5) is 0 Å². The average molecular weight is 334 g/mol. The Hall–Kier alpha value is -1.79. The number of likely N-dealkylation sites (tertiary alicyclic amines) is 1. The van der Waals surface area contributed by atoms with Gasteiger partial charge in [0.25, 0.3) is 0 Å². The highest BCUT2D eigenvalue weighted by Gasteiger charge is 2.49. The van der Waals surface area contributed by atoms with Crippen molar-refractivity contribution >= 4 is 5.91 Å². The van der Waals surface area contributed by atoms with E-state index in [1.54, 1.807) is 12.1 Å². The molecule has 0 bridgehead atoms. The third kappa shape index (κ3) is 3.08. The van der Waals surface area contributed by atoms with Gasteiger partial charge in [0.05, 0.1) is 19.3 Å². The third-order valence-corrected chi connectivity index (χ3v) is 5.58. The molecule has 1 saturated carbocycles. The summed E-state index contributed by atoms with van der Waals surface area (Å²) in [7, 11) is 1.51. The number of hydrogen-bond donors (Lipinski definition) is 3. The number of carbonyl (C=O) groups is 1. The number of methoxy groups -OCH3 is 1. The molecule has 24 heavy (non-hydrogen) atoms. The molecule has 2 aliphatic rings. The van der Waals surface area contributed by atoms with Crippen molar-refractivity contribution in [1.82, 2.24) is 4.90 Å². The number of amides is 1. The molecule has 1 aromatic rings. The Bertz CT molecular complexity index is 621. The molecular formula is C18H26N2O4. The molecule has 4 N–H and O–H groups in total. The van der Waals surface area contributed by atoms with E-state index in [2.05, 4.69) is 4.90 Å². The van der Waals surface area contributed by atoms with Crippen molar-refractivity contribution in [1.29, 1.82) is 0 Å². The molecule has 132 valence electrons. The van der Waals surface area contributed by atoms with Crippen molar-refractivity contribution in [2.75, 3.05) is 20.2 Å². The molecule has 1 aromatic carbocycles. The number of primary amides is 1. The molecule has 0 spiro atoms. The minimum Gasteiger partial charge on any atom is -0.504 e. The van der Waals surface area contributed by atoms with Crippen LogP contribution in [-0.2, 0) is 4.79 Å². The molecule has 0 aromatic heterocycles. The normalized spacial score (nSPS) is 30.6. The first kappa shape index (κ1) is 17.0. The molecular weight excluding hydrogens is 308 g/mol. The maximum atomic E-state index is 11.5. The van der Waals surface area contributed by atoms with Gasteiger partial charge in [-0.15, -0.1) is 0 Å². The maximum Gasteiger partial charge on any atom is 0.231 e. The van der Waals surface area contributed by atoms with Gasteiger partial charge in [0.15, 0.2) is 11.5 Å². The Labute approximate surface area is 142 Å². The summed E-state index contributed by atoms with van der Waals surface area (Å²) in [6.07, 6.45) is 4.49. The zero-order valence-electron chi connectivity index (χ0n) is 14.1. The lowest BCUT2D eigenvalue weighted by Gasteiger charge is -2.52. The summed E-state index contributed by atoms with van der Waals surface area (Å²) in [6.45, 7) is 0.796. The number of carbonyl (C=O) groups excluding carboxylic acids is 1. The first-order valence-electron chi connectivity index (χ1n) is 8.56. The van der Waals surface area contributed by atoms with Gasteiger partial charge in [0.2, 0.25) is 5.91 Å². The molecule has 6 heteroatoms. The number of fused-ring (bicyclic) bond motifs is 1. The van der Waals surface area contributed by atoms with Gasteiger partial charge in [0, 0.05) is 18.5 Å². The number of ether oxygens (including phenoxy) is 1. The van der Waals surface area contributed by atoms with Gasteiger partial charge in [-0.1, -0.05) is 18.9 Å². The Kier molecular flexibility index (Phi) is 4.69. The summed E-state index contributed by atoms with van der Waals surface area (Å²) >= 11 is 0. The van der Waals surface area contributed by atoms with E-state index in [0.717, 1.165) is 31.2 Å². The summed E-state index contributed by atoms with van der Waals surface area (Å²) < 4.78 is 5.23. The van der Waals surface area contributed by atoms with Crippen molar-refractivity contribution in [2.24, 2.45) is 11.7 Å². The van der Waals surface area contributed by atoms with Crippen LogP contribution in [0.2, 0.25) is 0 Å². The molecule has 1 heterocycles. The van der Waals surface area contributed by atoms with Crippen LogP contribution in [0, 0.1) is 5.92 Å². The highest BCUT2D eigenvalue weighted by molar-refractivity contribution is 5.76. The highest BCUT2D eigenvalue weighted by Crippen LogP contribution is 2.49. The van der Waals surface area contributed by atoms with E-state index < -0.39 is 5.60 Å². The molecule has 3 rings (SSSR count). The minimum atomic E-state index is -0.692. The lowest BCUT2D eigenvalue weighted by molar-refractivity contribution is -0.136. The number of nitrogens with two attached hydrogens (primary N) is 1. The van der Waals surface area contributed by atoms with Crippen molar-refractivity contribution in [3.63, 3.8) is 0 Å². The van der Waals surface area contributed by atoms with Crippen LogP contribution in [0.5, 0.6) is 11.5 Å². The lowest BCUT2D eigenvalue weighted by atomic mass is 9.66. The molecule has 1 saturated heterocycles. The fourth-order valence-electron chi connectivity index (χ4n) is 4.44. The van der Waals surface area contributed by atoms with E-state index in [1.807, 2.05) is 6.07 Å². The van der Waals surface area contributed by atoms with Gasteiger partial charge in [-0.25, -0.2) is 0 Å². The zero-order chi connectivity index (χ0) is 17.3. The molecule has 0 unspecified atom stereocenters. The van der Waals surface area contributed by atoms with Gasteiger partial charge < -0.3 is 20.7 Å². The zero-order valence-corrected chi connectivity index (χ0v) is 14.1. The predicted molar refractivity (Wildman–Crippen MR) is 89.7 cm³/mol. The smallest absolute Gasteiger partial charge is 0.231 e. The monoisotopic (exact) mass is 334 g/mol. The number of phenolic OH excluding ortho intramolecular Hbond substituents is 1. The van der Waals surface area contributed by atoms with E-state index in [4.69, 9.17) is 10.5 Å². The van der Waals surface area contributed by atoms with Gasteiger partial charge in [-0.05, 0) is 37.0 Å².